The van der Waals surface area contributed by atoms with Crippen LogP contribution >= 0.6 is 27.5 Å². The van der Waals surface area contributed by atoms with E-state index in [1.54, 1.807) is 0 Å². The van der Waals surface area contributed by atoms with Gasteiger partial charge in [0.25, 0.3) is 0 Å². The number of likely N-dealkylation sites (N-methyl/N-ethyl adjacent to an activating group) is 1. The van der Waals surface area contributed by atoms with Crippen LogP contribution in [-0.2, 0) is 6.42 Å². The molecule has 0 aromatic heterocycles. The fourth-order valence-electron chi connectivity index (χ4n) is 1.70. The minimum Gasteiger partial charge on any atom is -0.314 e. The Balaban J connectivity index is 2.17. The molecular formula is C11H13BrClN. The fraction of sp³-hybridized carbons (Fsp3) is 0.455. The molecule has 1 aromatic rings. The molecule has 0 unspecified atom stereocenters. The summed E-state index contributed by atoms with van der Waals surface area (Å²) in [4.78, 5) is 0. The van der Waals surface area contributed by atoms with Crippen molar-refractivity contribution in [2.45, 2.75) is 24.8 Å². The van der Waals surface area contributed by atoms with Gasteiger partial charge in [-0.3, -0.25) is 0 Å². The highest BCUT2D eigenvalue weighted by Crippen LogP contribution is 2.39. The van der Waals surface area contributed by atoms with Gasteiger partial charge in [0.15, 0.2) is 0 Å². The van der Waals surface area contributed by atoms with Crippen LogP contribution < -0.4 is 5.32 Å². The lowest BCUT2D eigenvalue weighted by atomic mass is 10.0. The summed E-state index contributed by atoms with van der Waals surface area (Å²) < 4.78 is 1.04. The molecule has 1 aliphatic carbocycles. The van der Waals surface area contributed by atoms with Crippen molar-refractivity contribution in [3.05, 3.63) is 33.3 Å². The number of nitrogens with one attached hydrogen (secondary N) is 1. The van der Waals surface area contributed by atoms with Crippen molar-refractivity contribution in [1.82, 2.24) is 5.32 Å². The van der Waals surface area contributed by atoms with Crippen molar-refractivity contribution in [2.75, 3.05) is 7.05 Å². The summed E-state index contributed by atoms with van der Waals surface area (Å²) in [5.41, 5.74) is 1.57. The van der Waals surface area contributed by atoms with Gasteiger partial charge in [-0.15, -0.1) is 0 Å². The summed E-state index contributed by atoms with van der Waals surface area (Å²) in [6.07, 6.45) is 3.56. The van der Waals surface area contributed by atoms with E-state index in [1.165, 1.54) is 18.4 Å². The third kappa shape index (κ3) is 2.13. The highest BCUT2D eigenvalue weighted by Gasteiger charge is 2.41. The van der Waals surface area contributed by atoms with Crippen molar-refractivity contribution in [3.63, 3.8) is 0 Å². The Kier molecular flexibility index (Phi) is 2.87. The third-order valence-electron chi connectivity index (χ3n) is 2.93. The quantitative estimate of drug-likeness (QED) is 0.891. The maximum absolute atomic E-state index is 6.16. The Labute approximate surface area is 98.0 Å². The van der Waals surface area contributed by atoms with Crippen molar-refractivity contribution >= 4 is 27.5 Å². The normalized spacial score (nSPS) is 18.2. The lowest BCUT2D eigenvalue weighted by Gasteiger charge is -2.14. The molecular weight excluding hydrogens is 261 g/mol. The minimum atomic E-state index is 0.331. The SMILES string of the molecule is CNC1(Cc2ccc(Br)cc2Cl)CC1. The predicted octanol–water partition coefficient (Wildman–Crippen LogP) is 3.40. The van der Waals surface area contributed by atoms with Gasteiger partial charge in [0.2, 0.25) is 0 Å². The van der Waals surface area contributed by atoms with Crippen molar-refractivity contribution in [2.24, 2.45) is 0 Å². The van der Waals surface area contributed by atoms with E-state index in [9.17, 15) is 0 Å². The van der Waals surface area contributed by atoms with E-state index >= 15 is 0 Å². The van der Waals surface area contributed by atoms with Crippen LogP contribution in [0.4, 0.5) is 0 Å². The average Bonchev–Trinajstić information content (AvgIpc) is 2.91. The molecule has 3 heteroatoms. The molecule has 1 fully saturated rings. The summed E-state index contributed by atoms with van der Waals surface area (Å²) in [6.45, 7) is 0. The van der Waals surface area contributed by atoms with Crippen molar-refractivity contribution in [1.29, 1.82) is 0 Å². The maximum atomic E-state index is 6.16. The Morgan fingerprint density at radius 1 is 1.50 bits per heavy atom. The van der Waals surface area contributed by atoms with E-state index in [0.29, 0.717) is 5.54 Å². The molecule has 2 rings (SSSR count). The zero-order valence-electron chi connectivity index (χ0n) is 8.11. The topological polar surface area (TPSA) is 12.0 Å². The number of halogens is 2. The van der Waals surface area contributed by atoms with Gasteiger partial charge in [0.05, 0.1) is 0 Å². The van der Waals surface area contributed by atoms with Gasteiger partial charge in [-0.1, -0.05) is 33.6 Å². The van der Waals surface area contributed by atoms with Gasteiger partial charge in [0, 0.05) is 15.0 Å². The standard InChI is InChI=1S/C11H13BrClN/c1-14-11(4-5-11)7-8-2-3-9(12)6-10(8)13/h2-3,6,14H,4-5,7H2,1H3. The highest BCUT2D eigenvalue weighted by molar-refractivity contribution is 9.10. The van der Waals surface area contributed by atoms with Gasteiger partial charge >= 0.3 is 0 Å². The van der Waals surface area contributed by atoms with Crippen LogP contribution in [0.15, 0.2) is 22.7 Å². The second-order valence-corrected chi connectivity index (χ2v) is 5.27. The largest absolute Gasteiger partial charge is 0.314 e. The molecule has 0 amide bonds. The van der Waals surface area contributed by atoms with Crippen LogP contribution in [0.5, 0.6) is 0 Å². The van der Waals surface area contributed by atoms with Crippen LogP contribution in [0.2, 0.25) is 5.02 Å². The van der Waals surface area contributed by atoms with E-state index in [2.05, 4.69) is 27.3 Å². The Morgan fingerprint density at radius 3 is 2.71 bits per heavy atom. The van der Waals surface area contributed by atoms with Crippen LogP contribution in [0.25, 0.3) is 0 Å². The molecule has 1 aliphatic rings. The van der Waals surface area contributed by atoms with Crippen LogP contribution in [-0.4, -0.2) is 12.6 Å². The van der Waals surface area contributed by atoms with Crippen molar-refractivity contribution < 1.29 is 0 Å². The Hall–Kier alpha value is -0.0500. The summed E-state index contributed by atoms with van der Waals surface area (Å²) in [5, 5.41) is 4.23. The van der Waals surface area contributed by atoms with Crippen LogP contribution in [0.1, 0.15) is 18.4 Å². The smallest absolute Gasteiger partial charge is 0.0449 e. The summed E-state index contributed by atoms with van der Waals surface area (Å²) >= 11 is 9.57. The first kappa shape index (κ1) is 10.5. The van der Waals surface area contributed by atoms with E-state index in [4.69, 9.17) is 11.6 Å². The van der Waals surface area contributed by atoms with E-state index in [1.807, 2.05) is 19.2 Å². The molecule has 76 valence electrons. The predicted molar refractivity (Wildman–Crippen MR) is 63.9 cm³/mol. The first-order chi connectivity index (χ1) is 6.65. The van der Waals surface area contributed by atoms with Gasteiger partial charge in [-0.25, -0.2) is 0 Å². The molecule has 0 atom stereocenters. The zero-order chi connectivity index (χ0) is 10.2. The molecule has 1 aromatic carbocycles. The minimum absolute atomic E-state index is 0.331. The number of hydrogen-bond donors (Lipinski definition) is 1. The van der Waals surface area contributed by atoms with Gasteiger partial charge in [0.1, 0.15) is 0 Å². The van der Waals surface area contributed by atoms with Gasteiger partial charge < -0.3 is 5.32 Å². The van der Waals surface area contributed by atoms with E-state index in [-0.39, 0.29) is 0 Å². The first-order valence-corrected chi connectivity index (χ1v) is 5.95. The molecule has 0 bridgehead atoms. The zero-order valence-corrected chi connectivity index (χ0v) is 10.5. The number of hydrogen-bond acceptors (Lipinski definition) is 1. The van der Waals surface area contributed by atoms with Gasteiger partial charge in [-0.05, 0) is 44.0 Å². The Morgan fingerprint density at radius 2 is 2.21 bits per heavy atom. The second kappa shape index (κ2) is 3.84. The molecule has 1 nitrogen and oxygen atoms in total. The monoisotopic (exact) mass is 273 g/mol. The molecule has 0 saturated heterocycles. The van der Waals surface area contributed by atoms with Crippen LogP contribution in [0.3, 0.4) is 0 Å². The third-order valence-corrected chi connectivity index (χ3v) is 3.77. The summed E-state index contributed by atoms with van der Waals surface area (Å²) in [6, 6.07) is 6.11. The molecule has 0 spiro atoms. The highest BCUT2D eigenvalue weighted by atomic mass is 79.9. The van der Waals surface area contributed by atoms with E-state index in [0.717, 1.165) is 15.9 Å². The lowest BCUT2D eigenvalue weighted by molar-refractivity contribution is 0.549. The molecule has 0 aliphatic heterocycles. The first-order valence-electron chi connectivity index (χ1n) is 4.78. The van der Waals surface area contributed by atoms with E-state index < -0.39 is 0 Å². The summed E-state index contributed by atoms with van der Waals surface area (Å²) in [5.74, 6) is 0. The molecule has 14 heavy (non-hydrogen) atoms. The maximum Gasteiger partial charge on any atom is 0.0449 e. The Bertz CT molecular complexity index is 347. The molecule has 0 heterocycles. The summed E-state index contributed by atoms with van der Waals surface area (Å²) in [7, 11) is 2.03. The lowest BCUT2D eigenvalue weighted by Crippen LogP contribution is -2.29. The van der Waals surface area contributed by atoms with Crippen LogP contribution in [0, 0.1) is 0 Å². The average molecular weight is 275 g/mol. The fourth-order valence-corrected chi connectivity index (χ4v) is 2.44. The van der Waals surface area contributed by atoms with Crippen molar-refractivity contribution in [3.8, 4) is 0 Å². The van der Waals surface area contributed by atoms with Gasteiger partial charge in [-0.2, -0.15) is 0 Å². The molecule has 0 radical (unpaired) electrons. The molecule has 1 N–H and O–H groups in total. The number of benzene rings is 1. The number of rotatable bonds is 3. The second-order valence-electron chi connectivity index (χ2n) is 3.94. The molecule has 1 saturated carbocycles.